The van der Waals surface area contributed by atoms with Crippen molar-refractivity contribution >= 4 is 29.3 Å². The minimum Gasteiger partial charge on any atom is -0.497 e. The Morgan fingerprint density at radius 1 is 0.983 bits per heavy atom. The quantitative estimate of drug-likeness (QED) is 0.0708. The van der Waals surface area contributed by atoms with E-state index in [0.717, 1.165) is 74.6 Å². The zero-order valence-electron chi connectivity index (χ0n) is 34.6. The number of oxime groups is 1. The fourth-order valence-electron chi connectivity index (χ4n) is 9.83. The molecule has 2 heterocycles. The third-order valence-corrected chi connectivity index (χ3v) is 14.2. The maximum absolute atomic E-state index is 13.5. The van der Waals surface area contributed by atoms with Crippen molar-refractivity contribution in [3.8, 4) is 23.0 Å². The number of hydrogen-bond acceptors (Lipinski definition) is 12. The van der Waals surface area contributed by atoms with Crippen molar-refractivity contribution in [1.82, 2.24) is 0 Å². The second kappa shape index (κ2) is 20.7. The van der Waals surface area contributed by atoms with Gasteiger partial charge in [-0.2, -0.15) is 0 Å². The lowest BCUT2D eigenvalue weighted by molar-refractivity contribution is -0.223. The number of aliphatic hydroxyl groups is 2. The predicted molar refractivity (Wildman–Crippen MR) is 229 cm³/mol. The molecule has 0 radical (unpaired) electrons. The van der Waals surface area contributed by atoms with Gasteiger partial charge in [-0.15, -0.1) is 18.3 Å². The van der Waals surface area contributed by atoms with Gasteiger partial charge in [0.25, 0.3) is 0 Å². The summed E-state index contributed by atoms with van der Waals surface area (Å²) < 4.78 is 37.2. The molecule has 12 nitrogen and oxygen atoms in total. The maximum atomic E-state index is 13.5. The van der Waals surface area contributed by atoms with Gasteiger partial charge in [-0.1, -0.05) is 43.0 Å². The Bertz CT molecular complexity index is 1790. The first-order valence-corrected chi connectivity index (χ1v) is 22.6. The number of fused-ring (bicyclic) bond motifs is 2. The number of hydrogen-bond donors (Lipinski definition) is 3. The fourth-order valence-corrected chi connectivity index (χ4v) is 11.6. The van der Waals surface area contributed by atoms with Crippen LogP contribution >= 0.6 is 11.8 Å². The predicted octanol–water partition coefficient (Wildman–Crippen LogP) is 9.15. The van der Waals surface area contributed by atoms with Gasteiger partial charge in [0.1, 0.15) is 23.0 Å². The van der Waals surface area contributed by atoms with Crippen molar-refractivity contribution in [1.29, 1.82) is 0 Å². The van der Waals surface area contributed by atoms with Gasteiger partial charge in [-0.05, 0) is 99.1 Å². The smallest absolute Gasteiger partial charge is 0.417 e. The number of nitrogens with zero attached hydrogens (tertiary/aromatic N) is 1. The SMILES string of the molecule is C=CCOC12Oc3ccc(OC(=O)Nc4ccc(OC)cc4OC)cc3C3C(CCCCO)C(CCCCO)C=C(C(=NOC4CCCCO4)CC1SC1CCCC1)C32. The number of unbranched alkanes of at least 4 members (excludes halogenated alkanes) is 2. The average Bonchev–Trinajstić information content (AvgIpc) is 3.78. The monoisotopic (exact) mass is 834 g/mol. The van der Waals surface area contributed by atoms with Crippen LogP contribution in [0.15, 0.2) is 65.9 Å². The summed E-state index contributed by atoms with van der Waals surface area (Å²) in [5.74, 6) is 0.901. The number of carbonyl (C=O) groups is 1. The van der Waals surface area contributed by atoms with Gasteiger partial charge in [-0.25, -0.2) is 4.79 Å². The molecule has 2 aromatic carbocycles. The van der Waals surface area contributed by atoms with Crippen molar-refractivity contribution in [2.24, 2.45) is 22.9 Å². The second-order valence-electron chi connectivity index (χ2n) is 16.3. The number of ether oxygens (including phenoxy) is 6. The summed E-state index contributed by atoms with van der Waals surface area (Å²) in [6.45, 7) is 5.27. The van der Waals surface area contributed by atoms with Gasteiger partial charge in [0.15, 0.2) is 0 Å². The van der Waals surface area contributed by atoms with Gasteiger partial charge in [0.05, 0.1) is 50.0 Å². The first-order valence-electron chi connectivity index (χ1n) is 21.6. The first-order chi connectivity index (χ1) is 28.9. The molecule has 0 bridgehead atoms. The van der Waals surface area contributed by atoms with E-state index < -0.39 is 11.9 Å². The summed E-state index contributed by atoms with van der Waals surface area (Å²) >= 11 is 1.96. The molecule has 2 aromatic rings. The molecule has 2 saturated carbocycles. The lowest BCUT2D eigenvalue weighted by Crippen LogP contribution is -2.64. The van der Waals surface area contributed by atoms with Crippen molar-refractivity contribution in [3.05, 3.63) is 66.3 Å². The highest BCUT2D eigenvalue weighted by Crippen LogP contribution is 2.63. The Kier molecular flexibility index (Phi) is 15.2. The summed E-state index contributed by atoms with van der Waals surface area (Å²) in [4.78, 5) is 19.8. The summed E-state index contributed by atoms with van der Waals surface area (Å²) in [6, 6.07) is 10.8. The first kappa shape index (κ1) is 43.3. The summed E-state index contributed by atoms with van der Waals surface area (Å²) in [5.41, 5.74) is 3.35. The van der Waals surface area contributed by atoms with Gasteiger partial charge < -0.3 is 43.5 Å². The van der Waals surface area contributed by atoms with Crippen LogP contribution in [0.2, 0.25) is 0 Å². The largest absolute Gasteiger partial charge is 0.497 e. The molecular weight excluding hydrogens is 773 g/mol. The highest BCUT2D eigenvalue weighted by molar-refractivity contribution is 8.00. The van der Waals surface area contributed by atoms with Crippen molar-refractivity contribution in [2.75, 3.05) is 46.0 Å². The zero-order valence-corrected chi connectivity index (χ0v) is 35.4. The van der Waals surface area contributed by atoms with Gasteiger partial charge in [0.2, 0.25) is 12.1 Å². The van der Waals surface area contributed by atoms with E-state index in [1.807, 2.05) is 23.9 Å². The molecule has 3 N–H and O–H groups in total. The van der Waals surface area contributed by atoms with Crippen LogP contribution in [0, 0.1) is 17.8 Å². The van der Waals surface area contributed by atoms with Crippen LogP contribution in [0.3, 0.4) is 0 Å². The molecule has 7 rings (SSSR count). The number of anilines is 1. The number of carbonyl (C=O) groups excluding carboxylic acids is 1. The van der Waals surface area contributed by atoms with E-state index in [1.165, 1.54) is 20.0 Å². The Labute approximate surface area is 353 Å². The van der Waals surface area contributed by atoms with E-state index in [1.54, 1.807) is 37.5 Å². The van der Waals surface area contributed by atoms with Gasteiger partial charge in [-0.3, -0.25) is 5.32 Å². The van der Waals surface area contributed by atoms with E-state index >= 15 is 0 Å². The molecule has 322 valence electrons. The minimum atomic E-state index is -1.05. The lowest BCUT2D eigenvalue weighted by Gasteiger charge is -2.58. The zero-order chi connectivity index (χ0) is 41.2. The van der Waals surface area contributed by atoms with Crippen LogP contribution in [0.4, 0.5) is 10.5 Å². The van der Waals surface area contributed by atoms with E-state index in [-0.39, 0.29) is 48.4 Å². The van der Waals surface area contributed by atoms with E-state index in [9.17, 15) is 15.0 Å². The molecule has 2 aliphatic heterocycles. The molecule has 13 heteroatoms. The van der Waals surface area contributed by atoms with Crippen LogP contribution < -0.4 is 24.3 Å². The van der Waals surface area contributed by atoms with E-state index in [2.05, 4.69) is 18.0 Å². The molecule has 1 amide bonds. The summed E-state index contributed by atoms with van der Waals surface area (Å²) in [7, 11) is 3.10. The number of benzene rings is 2. The average molecular weight is 835 g/mol. The maximum Gasteiger partial charge on any atom is 0.417 e. The number of amides is 1. The standard InChI is InChI=1S/C46H62N2O10S/c1-4-24-55-46-41(59-33-14-5-6-15-33)29-38(48-58-42-17-9-12-25-54-42)35-26-30(13-7-10-22-49)34(16-8-11-23-50)43(44(35)46)36-27-32(19-21-39(36)57-46)56-45(51)47-37-20-18-31(52-2)28-40(37)53-3/h4,18-21,26-28,30,33-34,41-44,49-50H,1,5-17,22-25,29H2,2-3H3,(H,47,51). The molecule has 7 unspecified atom stereocenters. The number of nitrogens with one attached hydrogen (secondary N) is 1. The number of methoxy groups -OCH3 is 2. The lowest BCUT2D eigenvalue weighted by atomic mass is 9.56. The topological polar surface area (TPSA) is 147 Å². The molecule has 0 spiro atoms. The van der Waals surface area contributed by atoms with Crippen LogP contribution in [0.25, 0.3) is 0 Å². The Hall–Kier alpha value is -3.75. The van der Waals surface area contributed by atoms with Crippen LogP contribution in [0.5, 0.6) is 23.0 Å². The van der Waals surface area contributed by atoms with Crippen LogP contribution in [0.1, 0.15) is 101 Å². The van der Waals surface area contributed by atoms with E-state index in [4.69, 9.17) is 38.4 Å². The molecule has 0 aromatic heterocycles. The van der Waals surface area contributed by atoms with Crippen molar-refractivity contribution < 1.29 is 48.3 Å². The highest BCUT2D eigenvalue weighted by Gasteiger charge is 2.64. The summed E-state index contributed by atoms with van der Waals surface area (Å²) in [6.07, 6.45) is 16.1. The highest BCUT2D eigenvalue weighted by atomic mass is 32.2. The van der Waals surface area contributed by atoms with Gasteiger partial charge in [0, 0.05) is 48.9 Å². The van der Waals surface area contributed by atoms with Crippen molar-refractivity contribution in [3.63, 3.8) is 0 Å². The Morgan fingerprint density at radius 3 is 2.49 bits per heavy atom. The Morgan fingerprint density at radius 2 is 1.76 bits per heavy atom. The van der Waals surface area contributed by atoms with Gasteiger partial charge >= 0.3 is 6.09 Å². The minimum absolute atomic E-state index is 0.108. The van der Waals surface area contributed by atoms with Crippen LogP contribution in [-0.2, 0) is 14.3 Å². The van der Waals surface area contributed by atoms with E-state index in [0.29, 0.717) is 66.4 Å². The molecule has 3 fully saturated rings. The third kappa shape index (κ3) is 9.91. The molecule has 7 atom stereocenters. The molecule has 1 saturated heterocycles. The number of aliphatic hydroxyl groups excluding tert-OH is 2. The van der Waals surface area contributed by atoms with Crippen molar-refractivity contribution in [2.45, 2.75) is 118 Å². The third-order valence-electron chi connectivity index (χ3n) is 12.6. The summed E-state index contributed by atoms with van der Waals surface area (Å²) in [5, 5.41) is 28.0. The number of thioether (sulfide) groups is 1. The second-order valence-corrected chi connectivity index (χ2v) is 17.8. The van der Waals surface area contributed by atoms with Crippen LogP contribution in [-0.4, -0.2) is 85.2 Å². The number of allylic oxidation sites excluding steroid dienone is 1. The molecule has 3 aliphatic carbocycles. The molecular formula is C46H62N2O10S. The fraction of sp³-hybridized carbons (Fsp3) is 0.609. The molecule has 59 heavy (non-hydrogen) atoms. The Balaban J connectivity index is 1.33. The number of rotatable bonds is 19. The normalized spacial score (nSPS) is 28.1. The molecule has 5 aliphatic rings.